The third kappa shape index (κ3) is 4.54. The van der Waals surface area contributed by atoms with Gasteiger partial charge >= 0.3 is 0 Å². The third-order valence-electron chi connectivity index (χ3n) is 4.72. The minimum absolute atomic E-state index is 0.159. The highest BCUT2D eigenvalue weighted by atomic mass is 32.2. The fourth-order valence-corrected chi connectivity index (χ4v) is 4.32. The molecule has 0 unspecified atom stereocenters. The molecular formula is C23H22N2O2S. The summed E-state index contributed by atoms with van der Waals surface area (Å²) < 4.78 is 5.87. The van der Waals surface area contributed by atoms with Gasteiger partial charge in [0.25, 0.3) is 5.91 Å². The van der Waals surface area contributed by atoms with Crippen molar-refractivity contribution in [1.82, 2.24) is 10.3 Å². The van der Waals surface area contributed by atoms with Gasteiger partial charge in [-0.25, -0.2) is 4.98 Å². The van der Waals surface area contributed by atoms with Gasteiger partial charge in [-0.3, -0.25) is 4.79 Å². The maximum Gasteiger partial charge on any atom is 0.253 e. The molecule has 3 aromatic rings. The van der Waals surface area contributed by atoms with Gasteiger partial charge in [-0.15, -0.1) is 0 Å². The molecular weight excluding hydrogens is 368 g/mol. The van der Waals surface area contributed by atoms with Crippen LogP contribution >= 0.6 is 11.8 Å². The highest BCUT2D eigenvalue weighted by Gasteiger charge is 2.19. The fraction of sp³-hybridized carbons (Fsp3) is 0.217. The molecule has 4 rings (SSSR count). The van der Waals surface area contributed by atoms with Crippen LogP contribution in [0, 0.1) is 0 Å². The van der Waals surface area contributed by atoms with E-state index >= 15 is 0 Å². The Morgan fingerprint density at radius 3 is 2.21 bits per heavy atom. The van der Waals surface area contributed by atoms with Gasteiger partial charge < -0.3 is 10.1 Å². The molecule has 1 atom stereocenters. The summed E-state index contributed by atoms with van der Waals surface area (Å²) in [4.78, 5) is 17.2. The van der Waals surface area contributed by atoms with Gasteiger partial charge in [-0.1, -0.05) is 60.7 Å². The number of hydrogen-bond acceptors (Lipinski definition) is 4. The number of nitrogens with one attached hydrogen (secondary N) is 1. The van der Waals surface area contributed by atoms with Crippen molar-refractivity contribution in [1.29, 1.82) is 0 Å². The molecule has 2 heterocycles. The summed E-state index contributed by atoms with van der Waals surface area (Å²) in [5.74, 6) is 2.55. The van der Waals surface area contributed by atoms with E-state index in [0.717, 1.165) is 29.1 Å². The number of carbonyl (C=O) groups is 1. The maximum absolute atomic E-state index is 12.9. The summed E-state index contributed by atoms with van der Waals surface area (Å²) in [5.41, 5.74) is 2.59. The molecule has 0 bridgehead atoms. The minimum atomic E-state index is -0.221. The zero-order chi connectivity index (χ0) is 19.2. The summed E-state index contributed by atoms with van der Waals surface area (Å²) in [5, 5.41) is 3.14. The van der Waals surface area contributed by atoms with Gasteiger partial charge in [-0.2, -0.15) is 11.8 Å². The van der Waals surface area contributed by atoms with Gasteiger partial charge in [0.1, 0.15) is 6.10 Å². The number of rotatable bonds is 6. The number of hydrogen-bond donors (Lipinski definition) is 1. The molecule has 5 heteroatoms. The average Bonchev–Trinajstić information content (AvgIpc) is 3.27. The molecule has 142 valence electrons. The maximum atomic E-state index is 12.9. The fourth-order valence-electron chi connectivity index (χ4n) is 3.23. The van der Waals surface area contributed by atoms with Crippen molar-refractivity contribution in [2.75, 3.05) is 11.5 Å². The summed E-state index contributed by atoms with van der Waals surface area (Å²) in [6.45, 7) is 0. The SMILES string of the molecule is O=C(NC(c1ccccc1)c1ccccc1)c1ccc(O[C@@H]2CCSC2)nc1. The highest BCUT2D eigenvalue weighted by Crippen LogP contribution is 2.24. The van der Waals surface area contributed by atoms with Gasteiger partial charge in [-0.05, 0) is 29.4 Å². The molecule has 4 nitrogen and oxygen atoms in total. The molecule has 1 aliphatic heterocycles. The lowest BCUT2D eigenvalue weighted by Gasteiger charge is -2.20. The standard InChI is InChI=1S/C23H22N2O2S/c26-23(19-11-12-21(24-15-19)27-20-13-14-28-16-20)25-22(17-7-3-1-4-8-17)18-9-5-2-6-10-18/h1-12,15,20,22H,13-14,16H2,(H,25,26)/t20-/m1/s1. The molecule has 1 aromatic heterocycles. The van der Waals surface area contributed by atoms with Crippen molar-refractivity contribution < 1.29 is 9.53 Å². The van der Waals surface area contributed by atoms with Crippen molar-refractivity contribution in [2.45, 2.75) is 18.6 Å². The Bertz CT molecular complexity index is 855. The Labute approximate surface area is 169 Å². The van der Waals surface area contributed by atoms with Gasteiger partial charge in [0.2, 0.25) is 5.88 Å². The van der Waals surface area contributed by atoms with E-state index in [-0.39, 0.29) is 18.1 Å². The average molecular weight is 391 g/mol. The van der Waals surface area contributed by atoms with Crippen LogP contribution < -0.4 is 10.1 Å². The topological polar surface area (TPSA) is 51.2 Å². The summed E-state index contributed by atoms with van der Waals surface area (Å²) in [6, 6.07) is 23.3. The molecule has 1 N–H and O–H groups in total. The predicted octanol–water partition coefficient (Wildman–Crippen LogP) is 4.49. The van der Waals surface area contributed by atoms with E-state index in [4.69, 9.17) is 4.74 Å². The van der Waals surface area contributed by atoms with Crippen LogP contribution in [0.4, 0.5) is 0 Å². The normalized spacial score (nSPS) is 16.1. The van der Waals surface area contributed by atoms with Crippen molar-refractivity contribution in [3.8, 4) is 5.88 Å². The van der Waals surface area contributed by atoms with Crippen LogP contribution in [0.15, 0.2) is 79.0 Å². The van der Waals surface area contributed by atoms with Crippen molar-refractivity contribution in [2.24, 2.45) is 0 Å². The number of thioether (sulfide) groups is 1. The van der Waals surface area contributed by atoms with Gasteiger partial charge in [0, 0.05) is 18.0 Å². The molecule has 0 spiro atoms. The molecule has 2 aromatic carbocycles. The van der Waals surface area contributed by atoms with Crippen LogP contribution in [-0.2, 0) is 0 Å². The van der Waals surface area contributed by atoms with E-state index in [1.54, 1.807) is 18.3 Å². The van der Waals surface area contributed by atoms with E-state index in [1.807, 2.05) is 72.4 Å². The molecule has 1 saturated heterocycles. The number of carbonyl (C=O) groups excluding carboxylic acids is 1. The Kier molecular flexibility index (Phi) is 5.92. The molecule has 0 radical (unpaired) electrons. The number of benzene rings is 2. The minimum Gasteiger partial charge on any atom is -0.473 e. The van der Waals surface area contributed by atoms with Crippen molar-refractivity contribution >= 4 is 17.7 Å². The van der Waals surface area contributed by atoms with Crippen LogP contribution in [-0.4, -0.2) is 28.5 Å². The van der Waals surface area contributed by atoms with E-state index < -0.39 is 0 Å². The van der Waals surface area contributed by atoms with E-state index in [9.17, 15) is 4.79 Å². The van der Waals surface area contributed by atoms with Crippen molar-refractivity contribution in [3.05, 3.63) is 95.7 Å². The molecule has 1 fully saturated rings. The number of nitrogens with zero attached hydrogens (tertiary/aromatic N) is 1. The number of amides is 1. The van der Waals surface area contributed by atoms with E-state index in [0.29, 0.717) is 11.4 Å². The van der Waals surface area contributed by atoms with Gasteiger partial charge in [0.05, 0.1) is 11.6 Å². The Morgan fingerprint density at radius 2 is 1.68 bits per heavy atom. The Morgan fingerprint density at radius 1 is 1.00 bits per heavy atom. The largest absolute Gasteiger partial charge is 0.473 e. The monoisotopic (exact) mass is 390 g/mol. The first kappa shape index (κ1) is 18.6. The molecule has 28 heavy (non-hydrogen) atoms. The first-order chi connectivity index (χ1) is 13.8. The lowest BCUT2D eigenvalue weighted by atomic mass is 9.98. The van der Waals surface area contributed by atoms with Crippen molar-refractivity contribution in [3.63, 3.8) is 0 Å². The van der Waals surface area contributed by atoms with Crippen LogP contribution in [0.1, 0.15) is 33.9 Å². The number of aromatic nitrogens is 1. The summed E-state index contributed by atoms with van der Waals surface area (Å²) >= 11 is 1.90. The van der Waals surface area contributed by atoms with Crippen LogP contribution in [0.2, 0.25) is 0 Å². The molecule has 1 aliphatic rings. The van der Waals surface area contributed by atoms with Gasteiger partial charge in [0.15, 0.2) is 0 Å². The second kappa shape index (κ2) is 8.93. The first-order valence-corrected chi connectivity index (χ1v) is 10.6. The quantitative estimate of drug-likeness (QED) is 0.674. The van der Waals surface area contributed by atoms with Crippen LogP contribution in [0.25, 0.3) is 0 Å². The lowest BCUT2D eigenvalue weighted by molar-refractivity contribution is 0.0942. The number of pyridine rings is 1. The smallest absolute Gasteiger partial charge is 0.253 e. The number of ether oxygens (including phenoxy) is 1. The second-order valence-electron chi connectivity index (χ2n) is 6.72. The van der Waals surface area contributed by atoms with Crippen LogP contribution in [0.5, 0.6) is 5.88 Å². The predicted molar refractivity (Wildman–Crippen MR) is 113 cm³/mol. The lowest BCUT2D eigenvalue weighted by Crippen LogP contribution is -2.29. The second-order valence-corrected chi connectivity index (χ2v) is 7.87. The summed E-state index contributed by atoms with van der Waals surface area (Å²) in [6.07, 6.45) is 2.85. The first-order valence-electron chi connectivity index (χ1n) is 9.41. The molecule has 0 aliphatic carbocycles. The highest BCUT2D eigenvalue weighted by molar-refractivity contribution is 7.99. The molecule has 0 saturated carbocycles. The Balaban J connectivity index is 1.49. The zero-order valence-corrected chi connectivity index (χ0v) is 16.3. The van der Waals surface area contributed by atoms with Crippen LogP contribution in [0.3, 0.4) is 0 Å². The van der Waals surface area contributed by atoms with E-state index in [2.05, 4.69) is 10.3 Å². The third-order valence-corrected chi connectivity index (χ3v) is 5.85. The Hall–Kier alpha value is -2.79. The van der Waals surface area contributed by atoms with E-state index in [1.165, 1.54) is 0 Å². The summed E-state index contributed by atoms with van der Waals surface area (Å²) in [7, 11) is 0. The molecule has 1 amide bonds. The zero-order valence-electron chi connectivity index (χ0n) is 15.5.